The molecule has 1 aliphatic heterocycles. The zero-order valence-electron chi connectivity index (χ0n) is 11.7. The Hall–Kier alpha value is -1.40. The molecule has 1 aromatic heterocycles. The maximum Gasteiger partial charge on any atom is 0.234 e. The lowest BCUT2D eigenvalue weighted by Crippen LogP contribution is -2.49. The fourth-order valence-corrected chi connectivity index (χ4v) is 2.28. The first-order chi connectivity index (χ1) is 9.17. The first-order valence-corrected chi connectivity index (χ1v) is 6.81. The Balaban J connectivity index is 1.71. The third kappa shape index (κ3) is 4.33. The van der Waals surface area contributed by atoms with Gasteiger partial charge in [-0.1, -0.05) is 5.16 Å². The standard InChI is InChI=1S/C13H22N4O2/c1-3-14-13(18)10-17-6-4-16(5-7-17)9-12-8-11(2)19-15-12/h8H,3-7,9-10H2,1-2H3,(H,14,18). The van der Waals surface area contributed by atoms with Gasteiger partial charge in [0.2, 0.25) is 5.91 Å². The summed E-state index contributed by atoms with van der Waals surface area (Å²) >= 11 is 0. The van der Waals surface area contributed by atoms with Gasteiger partial charge in [-0.2, -0.15) is 0 Å². The van der Waals surface area contributed by atoms with Crippen molar-refractivity contribution >= 4 is 5.91 Å². The van der Waals surface area contributed by atoms with E-state index in [2.05, 4.69) is 20.3 Å². The monoisotopic (exact) mass is 266 g/mol. The number of amides is 1. The number of likely N-dealkylation sites (N-methyl/N-ethyl adjacent to an activating group) is 1. The minimum Gasteiger partial charge on any atom is -0.361 e. The van der Waals surface area contributed by atoms with Crippen LogP contribution in [0.5, 0.6) is 0 Å². The highest BCUT2D eigenvalue weighted by atomic mass is 16.5. The molecule has 106 valence electrons. The lowest BCUT2D eigenvalue weighted by atomic mass is 10.2. The summed E-state index contributed by atoms with van der Waals surface area (Å²) < 4.78 is 5.07. The van der Waals surface area contributed by atoms with Crippen molar-refractivity contribution in [2.24, 2.45) is 0 Å². The molecule has 2 rings (SSSR count). The van der Waals surface area contributed by atoms with E-state index in [4.69, 9.17) is 4.52 Å². The minimum absolute atomic E-state index is 0.114. The Kier molecular flexibility index (Phi) is 4.93. The second-order valence-electron chi connectivity index (χ2n) is 4.93. The second kappa shape index (κ2) is 6.68. The number of piperazine rings is 1. The number of carbonyl (C=O) groups is 1. The van der Waals surface area contributed by atoms with Gasteiger partial charge in [-0.3, -0.25) is 14.6 Å². The molecule has 0 atom stereocenters. The molecule has 1 amide bonds. The van der Waals surface area contributed by atoms with Gasteiger partial charge in [0.15, 0.2) is 0 Å². The number of carbonyl (C=O) groups excluding carboxylic acids is 1. The van der Waals surface area contributed by atoms with Crippen LogP contribution in [-0.4, -0.2) is 60.1 Å². The van der Waals surface area contributed by atoms with Crippen molar-refractivity contribution in [1.29, 1.82) is 0 Å². The molecular weight excluding hydrogens is 244 g/mol. The van der Waals surface area contributed by atoms with Crippen LogP contribution in [0.3, 0.4) is 0 Å². The van der Waals surface area contributed by atoms with Crippen LogP contribution in [-0.2, 0) is 11.3 Å². The van der Waals surface area contributed by atoms with E-state index >= 15 is 0 Å². The number of rotatable bonds is 5. The molecule has 2 heterocycles. The average Bonchev–Trinajstić information content (AvgIpc) is 2.78. The van der Waals surface area contributed by atoms with Crippen molar-refractivity contribution in [2.75, 3.05) is 39.3 Å². The van der Waals surface area contributed by atoms with E-state index in [-0.39, 0.29) is 5.91 Å². The first-order valence-electron chi connectivity index (χ1n) is 6.81. The zero-order valence-corrected chi connectivity index (χ0v) is 11.7. The largest absolute Gasteiger partial charge is 0.361 e. The number of hydrogen-bond donors (Lipinski definition) is 1. The summed E-state index contributed by atoms with van der Waals surface area (Å²) in [5.41, 5.74) is 0.981. The number of hydrogen-bond acceptors (Lipinski definition) is 5. The highest BCUT2D eigenvalue weighted by Crippen LogP contribution is 2.08. The van der Waals surface area contributed by atoms with Gasteiger partial charge < -0.3 is 9.84 Å². The third-order valence-corrected chi connectivity index (χ3v) is 3.27. The fourth-order valence-electron chi connectivity index (χ4n) is 2.28. The molecule has 0 aliphatic carbocycles. The van der Waals surface area contributed by atoms with E-state index in [1.165, 1.54) is 0 Å². The third-order valence-electron chi connectivity index (χ3n) is 3.27. The van der Waals surface area contributed by atoms with Crippen LogP contribution in [0.25, 0.3) is 0 Å². The molecule has 0 saturated carbocycles. The Bertz CT molecular complexity index is 411. The predicted molar refractivity (Wildman–Crippen MR) is 71.6 cm³/mol. The number of aryl methyl sites for hydroxylation is 1. The van der Waals surface area contributed by atoms with Crippen molar-refractivity contribution in [3.8, 4) is 0 Å². The van der Waals surface area contributed by atoms with Gasteiger partial charge in [0, 0.05) is 45.3 Å². The van der Waals surface area contributed by atoms with Crippen LogP contribution < -0.4 is 5.32 Å². The van der Waals surface area contributed by atoms with Crippen LogP contribution in [0.1, 0.15) is 18.4 Å². The molecule has 0 spiro atoms. The van der Waals surface area contributed by atoms with E-state index in [1.54, 1.807) is 0 Å². The average molecular weight is 266 g/mol. The molecular formula is C13H22N4O2. The summed E-state index contributed by atoms with van der Waals surface area (Å²) in [7, 11) is 0. The summed E-state index contributed by atoms with van der Waals surface area (Å²) in [6, 6.07) is 1.97. The van der Waals surface area contributed by atoms with E-state index in [0.29, 0.717) is 13.1 Å². The minimum atomic E-state index is 0.114. The summed E-state index contributed by atoms with van der Waals surface area (Å²) in [5.74, 6) is 0.966. The quantitative estimate of drug-likeness (QED) is 0.827. The highest BCUT2D eigenvalue weighted by molar-refractivity contribution is 5.77. The van der Waals surface area contributed by atoms with Crippen LogP contribution in [0.4, 0.5) is 0 Å². The predicted octanol–water partition coefficient (Wildman–Crippen LogP) is 0.237. The van der Waals surface area contributed by atoms with E-state index in [1.807, 2.05) is 19.9 Å². The van der Waals surface area contributed by atoms with Crippen LogP contribution in [0.2, 0.25) is 0 Å². The Morgan fingerprint density at radius 1 is 1.37 bits per heavy atom. The van der Waals surface area contributed by atoms with E-state index in [0.717, 1.165) is 44.2 Å². The van der Waals surface area contributed by atoms with Gasteiger partial charge in [-0.05, 0) is 13.8 Å². The van der Waals surface area contributed by atoms with Crippen molar-refractivity contribution in [2.45, 2.75) is 20.4 Å². The molecule has 0 unspecified atom stereocenters. The lowest BCUT2D eigenvalue weighted by molar-refractivity contribution is -0.122. The summed E-state index contributed by atoms with van der Waals surface area (Å²) in [6.45, 7) is 9.65. The van der Waals surface area contributed by atoms with Crippen molar-refractivity contribution in [3.63, 3.8) is 0 Å². The highest BCUT2D eigenvalue weighted by Gasteiger charge is 2.19. The molecule has 1 aromatic rings. The Morgan fingerprint density at radius 3 is 2.63 bits per heavy atom. The Morgan fingerprint density at radius 2 is 2.05 bits per heavy atom. The second-order valence-corrected chi connectivity index (χ2v) is 4.93. The molecule has 1 N–H and O–H groups in total. The molecule has 19 heavy (non-hydrogen) atoms. The van der Waals surface area contributed by atoms with Crippen molar-refractivity contribution in [1.82, 2.24) is 20.3 Å². The van der Waals surface area contributed by atoms with Gasteiger partial charge >= 0.3 is 0 Å². The zero-order chi connectivity index (χ0) is 13.7. The molecule has 6 nitrogen and oxygen atoms in total. The topological polar surface area (TPSA) is 61.6 Å². The molecule has 6 heteroatoms. The van der Waals surface area contributed by atoms with Gasteiger partial charge in [0.25, 0.3) is 0 Å². The number of nitrogens with one attached hydrogen (secondary N) is 1. The first kappa shape index (κ1) is 14.0. The van der Waals surface area contributed by atoms with Crippen LogP contribution >= 0.6 is 0 Å². The lowest BCUT2D eigenvalue weighted by Gasteiger charge is -2.33. The summed E-state index contributed by atoms with van der Waals surface area (Å²) in [6.07, 6.45) is 0. The maximum atomic E-state index is 11.5. The summed E-state index contributed by atoms with van der Waals surface area (Å²) in [5, 5.41) is 6.84. The van der Waals surface area contributed by atoms with Gasteiger partial charge in [0.1, 0.15) is 5.76 Å². The Labute approximate surface area is 113 Å². The normalized spacial score (nSPS) is 17.6. The molecule has 0 aromatic carbocycles. The van der Waals surface area contributed by atoms with Gasteiger partial charge in [-0.15, -0.1) is 0 Å². The smallest absolute Gasteiger partial charge is 0.234 e. The molecule has 1 aliphatic rings. The maximum absolute atomic E-state index is 11.5. The van der Waals surface area contributed by atoms with Gasteiger partial charge in [-0.25, -0.2) is 0 Å². The van der Waals surface area contributed by atoms with Gasteiger partial charge in [0.05, 0.1) is 12.2 Å². The van der Waals surface area contributed by atoms with E-state index in [9.17, 15) is 4.79 Å². The van der Waals surface area contributed by atoms with Crippen molar-refractivity contribution in [3.05, 3.63) is 17.5 Å². The van der Waals surface area contributed by atoms with Crippen molar-refractivity contribution < 1.29 is 9.32 Å². The fraction of sp³-hybridized carbons (Fsp3) is 0.692. The van der Waals surface area contributed by atoms with Crippen LogP contribution in [0, 0.1) is 6.92 Å². The van der Waals surface area contributed by atoms with E-state index < -0.39 is 0 Å². The number of nitrogens with zero attached hydrogens (tertiary/aromatic N) is 3. The molecule has 0 radical (unpaired) electrons. The molecule has 1 fully saturated rings. The van der Waals surface area contributed by atoms with Crippen LogP contribution in [0.15, 0.2) is 10.6 Å². The SMILES string of the molecule is CCNC(=O)CN1CCN(Cc2cc(C)on2)CC1. The number of aromatic nitrogens is 1. The summed E-state index contributed by atoms with van der Waals surface area (Å²) in [4.78, 5) is 16.0. The molecule has 1 saturated heterocycles. The molecule has 0 bridgehead atoms.